The molecule has 2 aliphatic heterocycles. The second-order valence-electron chi connectivity index (χ2n) is 7.39. The first-order valence-corrected chi connectivity index (χ1v) is 7.24. The summed E-state index contributed by atoms with van der Waals surface area (Å²) in [6.07, 6.45) is 2.35. The number of nitrogens with zero attached hydrogens (tertiary/aromatic N) is 1. The third-order valence-corrected chi connectivity index (χ3v) is 6.15. The molecule has 3 aliphatic rings. The van der Waals surface area contributed by atoms with Crippen LogP contribution < -0.4 is 0 Å². The molecule has 1 saturated carbocycles. The van der Waals surface area contributed by atoms with Crippen molar-refractivity contribution < 1.29 is 14.3 Å². The van der Waals surface area contributed by atoms with Gasteiger partial charge in [0.15, 0.2) is 0 Å². The number of carbonyl (C=O) groups excluding carboxylic acids is 2. The lowest BCUT2D eigenvalue weighted by atomic mass is 9.93. The lowest BCUT2D eigenvalue weighted by molar-refractivity contribution is -0.153. The van der Waals surface area contributed by atoms with Crippen molar-refractivity contribution in [2.75, 3.05) is 13.2 Å². The van der Waals surface area contributed by atoms with E-state index in [9.17, 15) is 9.59 Å². The Morgan fingerprint density at radius 1 is 1.21 bits per heavy atom. The van der Waals surface area contributed by atoms with Gasteiger partial charge in [0, 0.05) is 18.9 Å². The number of esters is 1. The predicted molar refractivity (Wildman–Crippen MR) is 70.3 cm³/mol. The van der Waals surface area contributed by atoms with E-state index < -0.39 is 5.54 Å². The van der Waals surface area contributed by atoms with Gasteiger partial charge in [-0.05, 0) is 23.7 Å². The summed E-state index contributed by atoms with van der Waals surface area (Å²) in [6.45, 7) is 9.74. The Kier molecular flexibility index (Phi) is 2.40. The van der Waals surface area contributed by atoms with E-state index in [1.165, 1.54) is 0 Å². The van der Waals surface area contributed by atoms with Gasteiger partial charge in [-0.2, -0.15) is 0 Å². The molecule has 3 fully saturated rings. The van der Waals surface area contributed by atoms with Crippen LogP contribution in [0.1, 0.15) is 47.0 Å². The van der Waals surface area contributed by atoms with E-state index in [1.54, 1.807) is 0 Å². The van der Waals surface area contributed by atoms with Gasteiger partial charge in [0.1, 0.15) is 5.54 Å². The zero-order chi connectivity index (χ0) is 14.1. The van der Waals surface area contributed by atoms with Crippen molar-refractivity contribution in [2.45, 2.75) is 52.5 Å². The number of ether oxygens (including phenoxy) is 1. The average Bonchev–Trinajstić information content (AvgIpc) is 2.71. The summed E-state index contributed by atoms with van der Waals surface area (Å²) < 4.78 is 5.14. The number of amides is 1. The highest BCUT2D eigenvalue weighted by atomic mass is 16.5. The molecule has 2 saturated heterocycles. The SMILES string of the molecule is CC1(C)C(C(=O)N2CCCC23CCOC3=O)C1(C)C. The summed E-state index contributed by atoms with van der Waals surface area (Å²) in [7, 11) is 0. The summed E-state index contributed by atoms with van der Waals surface area (Å²) in [5.41, 5.74) is -0.585. The highest BCUT2D eigenvalue weighted by Crippen LogP contribution is 2.69. The van der Waals surface area contributed by atoms with Crippen LogP contribution in [-0.2, 0) is 14.3 Å². The number of carbonyl (C=O) groups is 2. The molecule has 4 nitrogen and oxygen atoms in total. The first kappa shape index (κ1) is 12.9. The predicted octanol–water partition coefficient (Wildman–Crippen LogP) is 1.98. The molecule has 1 unspecified atom stereocenters. The standard InChI is InChI=1S/C15H23NO3/c1-13(2)10(14(13,3)4)11(17)16-8-5-6-15(16)7-9-19-12(15)18/h10H,5-9H2,1-4H3. The van der Waals surface area contributed by atoms with Gasteiger partial charge in [-0.3, -0.25) is 4.79 Å². The molecule has 0 radical (unpaired) electrons. The van der Waals surface area contributed by atoms with E-state index in [0.29, 0.717) is 19.6 Å². The van der Waals surface area contributed by atoms with Crippen LogP contribution in [0, 0.1) is 16.7 Å². The average molecular weight is 265 g/mol. The van der Waals surface area contributed by atoms with Crippen molar-refractivity contribution in [1.82, 2.24) is 4.90 Å². The second-order valence-corrected chi connectivity index (χ2v) is 7.39. The minimum atomic E-state index is -0.633. The maximum atomic E-state index is 12.9. The van der Waals surface area contributed by atoms with Gasteiger partial charge < -0.3 is 9.64 Å². The molecular weight excluding hydrogens is 242 g/mol. The topological polar surface area (TPSA) is 46.6 Å². The molecule has 1 aliphatic carbocycles. The number of rotatable bonds is 1. The number of hydrogen-bond donors (Lipinski definition) is 0. The third-order valence-electron chi connectivity index (χ3n) is 6.15. The van der Waals surface area contributed by atoms with E-state index in [4.69, 9.17) is 4.74 Å². The molecule has 1 spiro atoms. The van der Waals surface area contributed by atoms with E-state index in [-0.39, 0.29) is 28.6 Å². The fourth-order valence-corrected chi connectivity index (χ4v) is 4.19. The molecular formula is C15H23NO3. The molecule has 4 heteroatoms. The summed E-state index contributed by atoms with van der Waals surface area (Å²) >= 11 is 0. The molecule has 3 rings (SSSR count). The maximum Gasteiger partial charge on any atom is 0.332 e. The Morgan fingerprint density at radius 3 is 2.32 bits per heavy atom. The van der Waals surface area contributed by atoms with Gasteiger partial charge in [0.25, 0.3) is 0 Å². The van der Waals surface area contributed by atoms with Crippen molar-refractivity contribution in [2.24, 2.45) is 16.7 Å². The molecule has 0 bridgehead atoms. The Hall–Kier alpha value is -1.06. The fraction of sp³-hybridized carbons (Fsp3) is 0.867. The normalized spacial score (nSPS) is 35.8. The fourth-order valence-electron chi connectivity index (χ4n) is 4.19. The largest absolute Gasteiger partial charge is 0.464 e. The molecule has 19 heavy (non-hydrogen) atoms. The van der Waals surface area contributed by atoms with E-state index in [2.05, 4.69) is 27.7 Å². The van der Waals surface area contributed by atoms with Crippen LogP contribution in [-0.4, -0.2) is 35.5 Å². The summed E-state index contributed by atoms with van der Waals surface area (Å²) in [5, 5.41) is 0. The van der Waals surface area contributed by atoms with Gasteiger partial charge in [-0.1, -0.05) is 27.7 Å². The quantitative estimate of drug-likeness (QED) is 0.681. The first-order chi connectivity index (χ1) is 8.75. The molecule has 1 atom stereocenters. The maximum absolute atomic E-state index is 12.9. The van der Waals surface area contributed by atoms with Gasteiger partial charge in [-0.25, -0.2) is 4.79 Å². The smallest absolute Gasteiger partial charge is 0.332 e. The van der Waals surface area contributed by atoms with Crippen molar-refractivity contribution >= 4 is 11.9 Å². The summed E-state index contributed by atoms with van der Waals surface area (Å²) in [6, 6.07) is 0. The van der Waals surface area contributed by atoms with Gasteiger partial charge in [-0.15, -0.1) is 0 Å². The number of cyclic esters (lactones) is 1. The molecule has 106 valence electrons. The minimum Gasteiger partial charge on any atom is -0.464 e. The third kappa shape index (κ3) is 1.40. The van der Waals surface area contributed by atoms with Crippen LogP contribution in [0.5, 0.6) is 0 Å². The molecule has 2 heterocycles. The van der Waals surface area contributed by atoms with Crippen LogP contribution in [0.4, 0.5) is 0 Å². The van der Waals surface area contributed by atoms with Gasteiger partial charge in [0.2, 0.25) is 5.91 Å². The van der Waals surface area contributed by atoms with Gasteiger partial charge in [0.05, 0.1) is 6.61 Å². The molecule has 1 amide bonds. The second kappa shape index (κ2) is 3.53. The zero-order valence-corrected chi connectivity index (χ0v) is 12.3. The van der Waals surface area contributed by atoms with Crippen LogP contribution in [0.25, 0.3) is 0 Å². The number of likely N-dealkylation sites (tertiary alicyclic amines) is 1. The molecule has 0 aromatic heterocycles. The van der Waals surface area contributed by atoms with Crippen molar-refractivity contribution in [3.8, 4) is 0 Å². The Labute approximate surface area is 114 Å². The van der Waals surface area contributed by atoms with Gasteiger partial charge >= 0.3 is 5.97 Å². The molecule has 0 N–H and O–H groups in total. The van der Waals surface area contributed by atoms with E-state index in [0.717, 1.165) is 12.8 Å². The van der Waals surface area contributed by atoms with Crippen LogP contribution in [0.2, 0.25) is 0 Å². The van der Waals surface area contributed by atoms with Crippen LogP contribution in [0.3, 0.4) is 0 Å². The Balaban J connectivity index is 1.87. The van der Waals surface area contributed by atoms with Crippen LogP contribution >= 0.6 is 0 Å². The summed E-state index contributed by atoms with van der Waals surface area (Å²) in [4.78, 5) is 26.8. The Morgan fingerprint density at radius 2 is 1.84 bits per heavy atom. The molecule has 0 aromatic rings. The zero-order valence-electron chi connectivity index (χ0n) is 12.3. The van der Waals surface area contributed by atoms with Crippen LogP contribution in [0.15, 0.2) is 0 Å². The van der Waals surface area contributed by atoms with E-state index in [1.807, 2.05) is 4.90 Å². The lowest BCUT2D eigenvalue weighted by Gasteiger charge is -2.32. The van der Waals surface area contributed by atoms with E-state index >= 15 is 0 Å². The Bertz CT molecular complexity index is 436. The molecule has 0 aromatic carbocycles. The first-order valence-electron chi connectivity index (χ1n) is 7.24. The summed E-state index contributed by atoms with van der Waals surface area (Å²) in [5.74, 6) is 0.00402. The highest BCUT2D eigenvalue weighted by molar-refractivity contribution is 5.93. The highest BCUT2D eigenvalue weighted by Gasteiger charge is 2.70. The lowest BCUT2D eigenvalue weighted by Crippen LogP contribution is -2.51. The van der Waals surface area contributed by atoms with Crippen molar-refractivity contribution in [1.29, 1.82) is 0 Å². The number of hydrogen-bond acceptors (Lipinski definition) is 3. The minimum absolute atomic E-state index is 0.0242. The van der Waals surface area contributed by atoms with Crippen molar-refractivity contribution in [3.05, 3.63) is 0 Å². The monoisotopic (exact) mass is 265 g/mol. The van der Waals surface area contributed by atoms with Crippen molar-refractivity contribution in [3.63, 3.8) is 0 Å².